The van der Waals surface area contributed by atoms with Crippen LogP contribution in [0.25, 0.3) is 0 Å². The molecule has 3 rings (SSSR count). The zero-order chi connectivity index (χ0) is 21.0. The van der Waals surface area contributed by atoms with Gasteiger partial charge in [0, 0.05) is 44.8 Å². The predicted octanol–water partition coefficient (Wildman–Crippen LogP) is 1.92. The van der Waals surface area contributed by atoms with Crippen molar-refractivity contribution in [3.8, 4) is 5.75 Å². The van der Waals surface area contributed by atoms with Gasteiger partial charge in [0.05, 0.1) is 23.4 Å². The predicted molar refractivity (Wildman–Crippen MR) is 113 cm³/mol. The molecule has 2 fully saturated rings. The molecule has 2 aliphatic rings. The smallest absolute Gasteiger partial charge is 0.314 e. The number of amides is 3. The highest BCUT2D eigenvalue weighted by Crippen LogP contribution is 2.29. The minimum atomic E-state index is -0.320. The minimum absolute atomic E-state index is 0.122. The first kappa shape index (κ1) is 21.5. The molecular weight excluding hydrogens is 394 g/mol. The fourth-order valence-electron chi connectivity index (χ4n) is 4.14. The zero-order valence-electron chi connectivity index (χ0n) is 16.8. The Morgan fingerprint density at radius 2 is 1.83 bits per heavy atom. The maximum Gasteiger partial charge on any atom is 0.314 e. The van der Waals surface area contributed by atoms with E-state index in [1.807, 2.05) is 0 Å². The lowest BCUT2D eigenvalue weighted by Crippen LogP contribution is -2.47. The lowest BCUT2D eigenvalue weighted by Gasteiger charge is -2.37. The molecule has 1 aromatic rings. The highest BCUT2D eigenvalue weighted by molar-refractivity contribution is 6.33. The van der Waals surface area contributed by atoms with Gasteiger partial charge in [-0.2, -0.15) is 0 Å². The molecule has 1 aromatic carbocycles. The number of benzene rings is 1. The highest BCUT2D eigenvalue weighted by atomic mass is 35.5. The van der Waals surface area contributed by atoms with Gasteiger partial charge >= 0.3 is 6.03 Å². The summed E-state index contributed by atoms with van der Waals surface area (Å²) in [5, 5.41) is 3.44. The van der Waals surface area contributed by atoms with Crippen molar-refractivity contribution >= 4 is 29.2 Å². The van der Waals surface area contributed by atoms with Crippen molar-refractivity contribution in [1.29, 1.82) is 0 Å². The second-order valence-corrected chi connectivity index (χ2v) is 8.30. The summed E-state index contributed by atoms with van der Waals surface area (Å²) >= 11 is 6.07. The number of nitrogens with two attached hydrogens (primary N) is 2. The van der Waals surface area contributed by atoms with Gasteiger partial charge in [-0.25, -0.2) is 4.79 Å². The number of rotatable bonds is 5. The molecule has 0 radical (unpaired) electrons. The Morgan fingerprint density at radius 3 is 2.41 bits per heavy atom. The van der Waals surface area contributed by atoms with Gasteiger partial charge in [0.15, 0.2) is 0 Å². The average Bonchev–Trinajstić information content (AvgIpc) is 2.71. The third-order valence-electron chi connectivity index (χ3n) is 5.93. The van der Waals surface area contributed by atoms with E-state index in [1.165, 1.54) is 7.11 Å². The molecule has 0 atom stereocenters. The Labute approximate surface area is 176 Å². The van der Waals surface area contributed by atoms with Crippen molar-refractivity contribution in [2.24, 2.45) is 11.7 Å². The average molecular weight is 424 g/mol. The fourth-order valence-corrected chi connectivity index (χ4v) is 4.30. The maximum absolute atomic E-state index is 12.7. The van der Waals surface area contributed by atoms with Crippen LogP contribution in [0.15, 0.2) is 12.1 Å². The number of hydrogen-bond donors (Lipinski definition) is 3. The number of anilines is 1. The molecule has 0 aromatic heterocycles. The summed E-state index contributed by atoms with van der Waals surface area (Å²) in [5.74, 6) is 0.822. The minimum Gasteiger partial charge on any atom is -0.496 e. The van der Waals surface area contributed by atoms with E-state index >= 15 is 0 Å². The number of methoxy groups -OCH3 is 1. The Kier molecular flexibility index (Phi) is 7.08. The summed E-state index contributed by atoms with van der Waals surface area (Å²) in [5.41, 5.74) is 11.9. The lowest BCUT2D eigenvalue weighted by atomic mass is 9.95. The molecule has 9 heteroatoms. The molecule has 3 amide bonds. The Morgan fingerprint density at radius 1 is 1.17 bits per heavy atom. The van der Waals surface area contributed by atoms with Gasteiger partial charge < -0.3 is 31.3 Å². The number of carbonyl (C=O) groups is 2. The zero-order valence-corrected chi connectivity index (χ0v) is 17.6. The standard InChI is InChI=1S/C20H30ClN5O3/c1-29-18-11-17(22)16(21)10-15(18)19(27)24-14-4-6-25(7-5-14)12-13-2-8-26(9-3-13)20(23)28/h10-11,13-14H,2-9,12,22H2,1H3,(H2,23,28)(H,24,27). The second-order valence-electron chi connectivity index (χ2n) is 7.89. The van der Waals surface area contributed by atoms with Gasteiger partial charge in [-0.1, -0.05) is 11.6 Å². The number of halogens is 1. The summed E-state index contributed by atoms with van der Waals surface area (Å²) in [7, 11) is 1.51. The van der Waals surface area contributed by atoms with Gasteiger partial charge in [-0.15, -0.1) is 0 Å². The number of carbonyl (C=O) groups excluding carboxylic acids is 2. The van der Waals surface area contributed by atoms with E-state index in [9.17, 15) is 9.59 Å². The molecule has 2 saturated heterocycles. The molecule has 0 aliphatic carbocycles. The van der Waals surface area contributed by atoms with Crippen LogP contribution in [0.5, 0.6) is 5.75 Å². The fraction of sp³-hybridized carbons (Fsp3) is 0.600. The van der Waals surface area contributed by atoms with Crippen molar-refractivity contribution in [1.82, 2.24) is 15.1 Å². The van der Waals surface area contributed by atoms with E-state index in [-0.39, 0.29) is 18.0 Å². The largest absolute Gasteiger partial charge is 0.496 e. The first-order valence-electron chi connectivity index (χ1n) is 10.1. The molecule has 5 N–H and O–H groups in total. The Bertz CT molecular complexity index is 744. The first-order valence-corrected chi connectivity index (χ1v) is 10.5. The third kappa shape index (κ3) is 5.45. The number of nitrogens with one attached hydrogen (secondary N) is 1. The number of primary amides is 1. The summed E-state index contributed by atoms with van der Waals surface area (Å²) < 4.78 is 5.28. The molecule has 0 spiro atoms. The van der Waals surface area contributed by atoms with Crippen LogP contribution in [-0.2, 0) is 0 Å². The van der Waals surface area contributed by atoms with Crippen LogP contribution in [0, 0.1) is 5.92 Å². The van der Waals surface area contributed by atoms with Crippen LogP contribution in [0.4, 0.5) is 10.5 Å². The third-order valence-corrected chi connectivity index (χ3v) is 6.26. The number of ether oxygens (including phenoxy) is 1. The summed E-state index contributed by atoms with van der Waals surface area (Å²) in [6, 6.07) is 2.93. The number of piperidine rings is 2. The summed E-state index contributed by atoms with van der Waals surface area (Å²) in [6.07, 6.45) is 3.79. The number of nitrogens with zero attached hydrogens (tertiary/aromatic N) is 2. The van der Waals surface area contributed by atoms with Gasteiger partial charge in [0.2, 0.25) is 0 Å². The SMILES string of the molecule is COc1cc(N)c(Cl)cc1C(=O)NC1CCN(CC2CCN(C(N)=O)CC2)CC1. The van der Waals surface area contributed by atoms with Gasteiger partial charge in [-0.05, 0) is 37.7 Å². The second kappa shape index (κ2) is 9.54. The topological polar surface area (TPSA) is 114 Å². The van der Waals surface area contributed by atoms with Crippen LogP contribution in [-0.4, -0.2) is 67.6 Å². The quantitative estimate of drug-likeness (QED) is 0.626. The maximum atomic E-state index is 12.7. The van der Waals surface area contributed by atoms with E-state index in [4.69, 9.17) is 27.8 Å². The first-order chi connectivity index (χ1) is 13.9. The molecular formula is C20H30ClN5O3. The van der Waals surface area contributed by atoms with Crippen molar-refractivity contribution in [2.75, 3.05) is 45.6 Å². The van der Waals surface area contributed by atoms with Crippen molar-refractivity contribution in [2.45, 2.75) is 31.7 Å². The monoisotopic (exact) mass is 423 g/mol. The molecule has 0 bridgehead atoms. The van der Waals surface area contributed by atoms with E-state index in [0.717, 1.165) is 58.4 Å². The normalized spacial score (nSPS) is 19.2. The van der Waals surface area contributed by atoms with Crippen molar-refractivity contribution < 1.29 is 14.3 Å². The van der Waals surface area contributed by atoms with Gasteiger partial charge in [0.25, 0.3) is 5.91 Å². The molecule has 2 heterocycles. The Hall–Kier alpha value is -2.19. The van der Waals surface area contributed by atoms with Crippen LogP contribution in [0.3, 0.4) is 0 Å². The van der Waals surface area contributed by atoms with Crippen LogP contribution < -0.4 is 21.5 Å². The molecule has 0 saturated carbocycles. The number of hydrogen-bond acceptors (Lipinski definition) is 5. The number of nitrogen functional groups attached to an aromatic ring is 1. The van der Waals surface area contributed by atoms with E-state index < -0.39 is 0 Å². The Balaban J connectivity index is 1.46. The number of urea groups is 1. The highest BCUT2D eigenvalue weighted by Gasteiger charge is 2.27. The van der Waals surface area contributed by atoms with Crippen molar-refractivity contribution in [3.63, 3.8) is 0 Å². The van der Waals surface area contributed by atoms with E-state index in [1.54, 1.807) is 17.0 Å². The summed E-state index contributed by atoms with van der Waals surface area (Å²) in [4.78, 5) is 28.1. The van der Waals surface area contributed by atoms with Gasteiger partial charge in [0.1, 0.15) is 5.75 Å². The molecule has 160 valence electrons. The molecule has 2 aliphatic heterocycles. The van der Waals surface area contributed by atoms with E-state index in [2.05, 4.69) is 10.2 Å². The van der Waals surface area contributed by atoms with Crippen LogP contribution >= 0.6 is 11.6 Å². The lowest BCUT2D eigenvalue weighted by molar-refractivity contribution is 0.0892. The number of likely N-dealkylation sites (tertiary alicyclic amines) is 2. The van der Waals surface area contributed by atoms with E-state index in [0.29, 0.717) is 27.9 Å². The summed E-state index contributed by atoms with van der Waals surface area (Å²) in [6.45, 7) is 4.42. The molecule has 0 unspecified atom stereocenters. The molecule has 29 heavy (non-hydrogen) atoms. The van der Waals surface area contributed by atoms with Gasteiger partial charge in [-0.3, -0.25) is 4.79 Å². The van der Waals surface area contributed by atoms with Crippen molar-refractivity contribution in [3.05, 3.63) is 22.7 Å². The van der Waals surface area contributed by atoms with Crippen LogP contribution in [0.1, 0.15) is 36.0 Å². The molecule has 8 nitrogen and oxygen atoms in total. The van der Waals surface area contributed by atoms with Crippen LogP contribution in [0.2, 0.25) is 5.02 Å².